The van der Waals surface area contributed by atoms with E-state index in [0.717, 1.165) is 11.1 Å². The Morgan fingerprint density at radius 3 is 2.35 bits per heavy atom. The van der Waals surface area contributed by atoms with Crippen molar-refractivity contribution in [1.29, 1.82) is 0 Å². The summed E-state index contributed by atoms with van der Waals surface area (Å²) in [5.41, 5.74) is 2.43. The Balaban J connectivity index is 0.00000264. The number of esters is 1. The van der Waals surface area contributed by atoms with Gasteiger partial charge in [0.1, 0.15) is 5.69 Å². The van der Waals surface area contributed by atoms with Crippen molar-refractivity contribution < 1.29 is 14.3 Å². The van der Waals surface area contributed by atoms with E-state index in [0.29, 0.717) is 5.69 Å². The molecule has 0 atom stereocenters. The lowest BCUT2D eigenvalue weighted by molar-refractivity contribution is -0.129. The van der Waals surface area contributed by atoms with Crippen molar-refractivity contribution in [2.45, 2.75) is 35.1 Å². The number of benzene rings is 1. The van der Waals surface area contributed by atoms with E-state index in [1.165, 1.54) is 0 Å². The number of carbonyl (C=O) groups excluding carboxylic acids is 2. The van der Waals surface area contributed by atoms with E-state index in [-0.39, 0.29) is 25.5 Å². The Morgan fingerprint density at radius 1 is 1.17 bits per heavy atom. The number of carbonyl (C=O) groups is 2. The van der Waals surface area contributed by atoms with Crippen molar-refractivity contribution in [2.24, 2.45) is 5.41 Å². The first-order chi connectivity index (χ1) is 10.3. The highest BCUT2D eigenvalue weighted by Gasteiger charge is 2.23. The highest BCUT2D eigenvalue weighted by Crippen LogP contribution is 2.19. The molecular weight excluding hydrogens is 292 g/mol. The molecule has 0 aliphatic rings. The van der Waals surface area contributed by atoms with Crippen molar-refractivity contribution >= 4 is 11.8 Å². The molecule has 1 heterocycles. The fourth-order valence-electron chi connectivity index (χ4n) is 1.72. The van der Waals surface area contributed by atoms with Crippen LogP contribution in [0.5, 0.6) is 0 Å². The maximum absolute atomic E-state index is 11.9. The van der Waals surface area contributed by atoms with E-state index in [4.69, 9.17) is 4.74 Å². The molecule has 1 N–H and O–H groups in total. The average molecular weight is 316 g/mol. The van der Waals surface area contributed by atoms with E-state index in [2.05, 4.69) is 10.2 Å². The van der Waals surface area contributed by atoms with E-state index in [1.54, 1.807) is 26.8 Å². The standard InChI is InChI=1S/C17H20N2O3.CH4/c1-11-5-7-12(8-6-11)13-9-14(19-18-13)16(21)22-10-15(20)17(2,3)4;/h5-9H,10H2,1-4H3,(H,18,19);1H4. The molecule has 23 heavy (non-hydrogen) atoms. The Hall–Kier alpha value is -2.43. The van der Waals surface area contributed by atoms with Crippen molar-refractivity contribution in [3.63, 3.8) is 0 Å². The molecule has 2 aromatic rings. The van der Waals surface area contributed by atoms with E-state index in [9.17, 15) is 9.59 Å². The molecular formula is C18H24N2O3. The minimum Gasteiger partial charge on any atom is -0.453 e. The van der Waals surface area contributed by atoms with Crippen LogP contribution in [0.3, 0.4) is 0 Å². The predicted molar refractivity (Wildman–Crippen MR) is 90.2 cm³/mol. The fourth-order valence-corrected chi connectivity index (χ4v) is 1.72. The molecule has 1 aromatic heterocycles. The van der Waals surface area contributed by atoms with Gasteiger partial charge in [0.2, 0.25) is 0 Å². The van der Waals surface area contributed by atoms with E-state index in [1.807, 2.05) is 31.2 Å². The van der Waals surface area contributed by atoms with Gasteiger partial charge >= 0.3 is 5.97 Å². The lowest BCUT2D eigenvalue weighted by atomic mass is 9.91. The molecule has 0 amide bonds. The molecule has 0 bridgehead atoms. The molecule has 5 heteroatoms. The molecule has 0 aliphatic heterocycles. The summed E-state index contributed by atoms with van der Waals surface area (Å²) in [5.74, 6) is -0.706. The zero-order valence-corrected chi connectivity index (χ0v) is 13.3. The number of H-pyrrole nitrogens is 1. The van der Waals surface area contributed by atoms with Crippen LogP contribution in [0.1, 0.15) is 44.2 Å². The molecule has 5 nitrogen and oxygen atoms in total. The third kappa shape index (κ3) is 4.77. The van der Waals surface area contributed by atoms with Crippen molar-refractivity contribution in [2.75, 3.05) is 6.61 Å². The normalized spacial score (nSPS) is 10.8. The first-order valence-corrected chi connectivity index (χ1v) is 7.10. The van der Waals surface area contributed by atoms with Gasteiger partial charge in [0.25, 0.3) is 0 Å². The van der Waals surface area contributed by atoms with Crippen molar-refractivity contribution in [3.05, 3.63) is 41.6 Å². The maximum Gasteiger partial charge on any atom is 0.356 e. The number of aryl methyl sites for hydroxylation is 1. The molecule has 0 unspecified atom stereocenters. The lowest BCUT2D eigenvalue weighted by Gasteiger charge is -2.15. The van der Waals surface area contributed by atoms with Gasteiger partial charge in [-0.3, -0.25) is 9.89 Å². The van der Waals surface area contributed by atoms with Crippen molar-refractivity contribution in [1.82, 2.24) is 10.2 Å². The van der Waals surface area contributed by atoms with Crippen LogP contribution in [-0.2, 0) is 9.53 Å². The van der Waals surface area contributed by atoms with Crippen LogP contribution in [0.15, 0.2) is 30.3 Å². The number of ketones is 1. The van der Waals surface area contributed by atoms with E-state index < -0.39 is 11.4 Å². The topological polar surface area (TPSA) is 72.1 Å². The number of hydrogen-bond acceptors (Lipinski definition) is 4. The number of nitrogens with one attached hydrogen (secondary N) is 1. The largest absolute Gasteiger partial charge is 0.453 e. The highest BCUT2D eigenvalue weighted by molar-refractivity contribution is 5.92. The fraction of sp³-hybridized carbons (Fsp3) is 0.389. The minimum atomic E-state index is -0.580. The van der Waals surface area contributed by atoms with Gasteiger partial charge in [0.05, 0.1) is 5.69 Å². The Kier molecular flexibility index (Phi) is 5.85. The molecule has 0 saturated carbocycles. The van der Waals surface area contributed by atoms with Crippen LogP contribution in [-0.4, -0.2) is 28.6 Å². The quantitative estimate of drug-likeness (QED) is 0.871. The first kappa shape index (κ1) is 18.6. The van der Waals surface area contributed by atoms with Crippen LogP contribution in [0.4, 0.5) is 0 Å². The van der Waals surface area contributed by atoms with Gasteiger partial charge in [-0.15, -0.1) is 0 Å². The summed E-state index contributed by atoms with van der Waals surface area (Å²) in [5, 5.41) is 6.75. The Morgan fingerprint density at radius 2 is 1.78 bits per heavy atom. The minimum absolute atomic E-state index is 0. The summed E-state index contributed by atoms with van der Waals surface area (Å²) >= 11 is 0. The van der Waals surface area contributed by atoms with Gasteiger partial charge in [-0.2, -0.15) is 5.10 Å². The second-order valence-electron chi connectivity index (χ2n) is 6.28. The molecule has 0 saturated heterocycles. The molecule has 0 spiro atoms. The van der Waals surface area contributed by atoms with Gasteiger partial charge in [-0.25, -0.2) is 4.79 Å². The number of aromatic amines is 1. The number of nitrogens with zero attached hydrogens (tertiary/aromatic N) is 1. The van der Waals surface area contributed by atoms with Crippen LogP contribution < -0.4 is 0 Å². The van der Waals surface area contributed by atoms with Gasteiger partial charge in [-0.05, 0) is 13.0 Å². The van der Waals surface area contributed by atoms with Gasteiger partial charge in [0.15, 0.2) is 12.4 Å². The van der Waals surface area contributed by atoms with Crippen LogP contribution >= 0.6 is 0 Å². The third-order valence-corrected chi connectivity index (χ3v) is 3.32. The summed E-state index contributed by atoms with van der Waals surface area (Å²) in [6.45, 7) is 7.13. The number of hydrogen-bond donors (Lipinski definition) is 1. The summed E-state index contributed by atoms with van der Waals surface area (Å²) in [6.07, 6.45) is 0. The van der Waals surface area contributed by atoms with Crippen LogP contribution in [0, 0.1) is 12.3 Å². The molecule has 0 aliphatic carbocycles. The predicted octanol–water partition coefficient (Wildman–Crippen LogP) is 3.79. The number of Topliss-reactive ketones (excluding diaryl/α,β-unsaturated/α-hetero) is 1. The second kappa shape index (κ2) is 7.22. The highest BCUT2D eigenvalue weighted by atomic mass is 16.5. The lowest BCUT2D eigenvalue weighted by Crippen LogP contribution is -2.26. The van der Waals surface area contributed by atoms with Crippen LogP contribution in [0.2, 0.25) is 0 Å². The van der Waals surface area contributed by atoms with Crippen LogP contribution in [0.25, 0.3) is 11.3 Å². The summed E-state index contributed by atoms with van der Waals surface area (Å²) < 4.78 is 5.02. The van der Waals surface area contributed by atoms with E-state index >= 15 is 0 Å². The summed E-state index contributed by atoms with van der Waals surface area (Å²) in [4.78, 5) is 23.7. The summed E-state index contributed by atoms with van der Waals surface area (Å²) in [6, 6.07) is 9.44. The number of aromatic nitrogens is 2. The van der Waals surface area contributed by atoms with Gasteiger partial charge < -0.3 is 4.74 Å². The molecule has 124 valence electrons. The summed E-state index contributed by atoms with van der Waals surface area (Å²) in [7, 11) is 0. The molecule has 0 radical (unpaired) electrons. The second-order valence-corrected chi connectivity index (χ2v) is 6.28. The number of ether oxygens (including phenoxy) is 1. The molecule has 2 rings (SSSR count). The van der Waals surface area contributed by atoms with Crippen molar-refractivity contribution in [3.8, 4) is 11.3 Å². The molecule has 0 fully saturated rings. The molecule has 1 aromatic carbocycles. The average Bonchev–Trinajstić information content (AvgIpc) is 2.94. The SMILES string of the molecule is C.Cc1ccc(-c2cc(C(=O)OCC(=O)C(C)(C)C)[nH]n2)cc1. The zero-order chi connectivity index (χ0) is 16.3. The maximum atomic E-state index is 11.9. The van der Waals surface area contributed by atoms with Gasteiger partial charge in [0, 0.05) is 11.0 Å². The Bertz CT molecular complexity index is 679. The number of rotatable bonds is 4. The monoisotopic (exact) mass is 316 g/mol. The smallest absolute Gasteiger partial charge is 0.356 e. The Labute approximate surface area is 137 Å². The third-order valence-electron chi connectivity index (χ3n) is 3.32. The van der Waals surface area contributed by atoms with Gasteiger partial charge in [-0.1, -0.05) is 58.0 Å². The zero-order valence-electron chi connectivity index (χ0n) is 13.3. The first-order valence-electron chi connectivity index (χ1n) is 7.10.